The van der Waals surface area contributed by atoms with Crippen LogP contribution in [-0.4, -0.2) is 11.5 Å². The number of halogens is 1. The van der Waals surface area contributed by atoms with E-state index in [9.17, 15) is 4.39 Å². The third-order valence-corrected chi connectivity index (χ3v) is 3.07. The summed E-state index contributed by atoms with van der Waals surface area (Å²) in [7, 11) is 0. The highest BCUT2D eigenvalue weighted by atomic mass is 19.1. The van der Waals surface area contributed by atoms with Crippen molar-refractivity contribution in [3.05, 3.63) is 59.2 Å². The van der Waals surface area contributed by atoms with Crippen LogP contribution >= 0.6 is 0 Å². The minimum Gasteiger partial charge on any atom is -0.398 e. The predicted octanol–water partition coefficient (Wildman–Crippen LogP) is 2.81. The number of rotatable bonds is 4. The number of hydrogen-bond acceptors (Lipinski definition) is 3. The van der Waals surface area contributed by atoms with Gasteiger partial charge in [0.1, 0.15) is 5.82 Å². The summed E-state index contributed by atoms with van der Waals surface area (Å²) in [4.78, 5) is 4.08. The summed E-state index contributed by atoms with van der Waals surface area (Å²) in [5.41, 5.74) is 9.00. The van der Waals surface area contributed by atoms with Gasteiger partial charge in [-0.3, -0.25) is 4.98 Å². The van der Waals surface area contributed by atoms with E-state index in [0.29, 0.717) is 17.8 Å². The number of aromatic nitrogens is 1. The van der Waals surface area contributed by atoms with Crippen molar-refractivity contribution in [1.29, 1.82) is 0 Å². The van der Waals surface area contributed by atoms with Gasteiger partial charge in [0.25, 0.3) is 0 Å². The zero-order chi connectivity index (χ0) is 13.8. The highest BCUT2D eigenvalue weighted by Gasteiger charge is 2.19. The van der Waals surface area contributed by atoms with Crippen LogP contribution in [0.15, 0.2) is 36.7 Å². The molecule has 0 bridgehead atoms. The molecule has 1 unspecified atom stereocenters. The van der Waals surface area contributed by atoms with Gasteiger partial charge >= 0.3 is 0 Å². The number of aryl methyl sites for hydroxylation is 1. The minimum atomic E-state index is -0.279. The summed E-state index contributed by atoms with van der Waals surface area (Å²) in [5, 5.41) is 3.26. The van der Waals surface area contributed by atoms with Crippen LogP contribution in [-0.2, 0) is 0 Å². The summed E-state index contributed by atoms with van der Waals surface area (Å²) in [6.45, 7) is 4.64. The lowest BCUT2D eigenvalue weighted by molar-refractivity contribution is 0.558. The first-order valence-electron chi connectivity index (χ1n) is 6.32. The van der Waals surface area contributed by atoms with E-state index in [-0.39, 0.29) is 11.9 Å². The molecule has 0 aliphatic heterocycles. The highest BCUT2D eigenvalue weighted by Crippen LogP contribution is 2.28. The molecule has 1 atom stereocenters. The lowest BCUT2D eigenvalue weighted by Crippen LogP contribution is -2.24. The van der Waals surface area contributed by atoms with Gasteiger partial charge in [-0.2, -0.15) is 0 Å². The van der Waals surface area contributed by atoms with E-state index in [0.717, 1.165) is 11.1 Å². The quantitative estimate of drug-likeness (QED) is 0.887. The number of hydrogen-bond donors (Lipinski definition) is 2. The Morgan fingerprint density at radius 2 is 2.11 bits per heavy atom. The van der Waals surface area contributed by atoms with E-state index in [1.807, 2.05) is 19.9 Å². The van der Waals surface area contributed by atoms with E-state index in [2.05, 4.69) is 10.3 Å². The monoisotopic (exact) mass is 259 g/mol. The molecule has 0 saturated heterocycles. The van der Waals surface area contributed by atoms with Crippen LogP contribution in [0.2, 0.25) is 0 Å². The van der Waals surface area contributed by atoms with Crippen molar-refractivity contribution in [3.63, 3.8) is 0 Å². The van der Waals surface area contributed by atoms with E-state index in [1.54, 1.807) is 24.5 Å². The van der Waals surface area contributed by atoms with Crippen molar-refractivity contribution in [2.75, 3.05) is 12.3 Å². The topological polar surface area (TPSA) is 50.9 Å². The number of pyridine rings is 1. The lowest BCUT2D eigenvalue weighted by Gasteiger charge is -2.21. The van der Waals surface area contributed by atoms with Gasteiger partial charge in [-0.05, 0) is 25.6 Å². The fourth-order valence-corrected chi connectivity index (χ4v) is 2.13. The fraction of sp³-hybridized carbons (Fsp3) is 0.267. The number of nitrogens with zero attached hydrogens (tertiary/aromatic N) is 1. The molecule has 2 aromatic rings. The maximum atomic E-state index is 14.1. The molecule has 0 aliphatic rings. The fourth-order valence-electron chi connectivity index (χ4n) is 2.13. The molecule has 1 heterocycles. The van der Waals surface area contributed by atoms with Crippen molar-refractivity contribution in [1.82, 2.24) is 10.3 Å². The Bertz CT molecular complexity index is 569. The molecule has 4 heteroatoms. The number of anilines is 1. The summed E-state index contributed by atoms with van der Waals surface area (Å²) in [5.74, 6) is -0.236. The molecular formula is C15H18FN3. The van der Waals surface area contributed by atoms with Gasteiger partial charge < -0.3 is 11.1 Å². The normalized spacial score (nSPS) is 12.4. The second-order valence-corrected chi connectivity index (χ2v) is 4.52. The van der Waals surface area contributed by atoms with E-state index >= 15 is 0 Å². The molecule has 2 rings (SSSR count). The van der Waals surface area contributed by atoms with Gasteiger partial charge in [-0.15, -0.1) is 0 Å². The van der Waals surface area contributed by atoms with Crippen LogP contribution < -0.4 is 11.1 Å². The zero-order valence-corrected chi connectivity index (χ0v) is 11.2. The third-order valence-electron chi connectivity index (χ3n) is 3.07. The Hall–Kier alpha value is -1.94. The molecule has 1 aromatic heterocycles. The van der Waals surface area contributed by atoms with Gasteiger partial charge in [0, 0.05) is 29.2 Å². The third kappa shape index (κ3) is 2.90. The van der Waals surface area contributed by atoms with Crippen molar-refractivity contribution in [3.8, 4) is 0 Å². The van der Waals surface area contributed by atoms with Gasteiger partial charge in [0.2, 0.25) is 0 Å². The summed E-state index contributed by atoms with van der Waals surface area (Å²) < 4.78 is 14.1. The van der Waals surface area contributed by atoms with Crippen molar-refractivity contribution in [2.45, 2.75) is 19.9 Å². The average Bonchev–Trinajstić information content (AvgIpc) is 2.40. The number of benzene rings is 1. The van der Waals surface area contributed by atoms with Crippen LogP contribution in [0, 0.1) is 12.7 Å². The smallest absolute Gasteiger partial charge is 0.128 e. The summed E-state index contributed by atoms with van der Waals surface area (Å²) in [6.07, 6.45) is 3.32. The molecule has 100 valence electrons. The maximum Gasteiger partial charge on any atom is 0.128 e. The molecule has 0 radical (unpaired) electrons. The summed E-state index contributed by atoms with van der Waals surface area (Å²) in [6, 6.07) is 6.54. The first kappa shape index (κ1) is 13.5. The predicted molar refractivity (Wildman–Crippen MR) is 75.3 cm³/mol. The van der Waals surface area contributed by atoms with Crippen LogP contribution in [0.3, 0.4) is 0 Å². The Labute approximate surface area is 112 Å². The highest BCUT2D eigenvalue weighted by molar-refractivity contribution is 5.50. The molecule has 0 spiro atoms. The second kappa shape index (κ2) is 5.80. The molecular weight excluding hydrogens is 241 g/mol. The van der Waals surface area contributed by atoms with Crippen molar-refractivity contribution < 1.29 is 4.39 Å². The standard InChI is InChI=1S/C15H18FN3/c1-3-19-15(12-9-18-7-6-14(12)17)11-8-10(2)4-5-13(11)16/h4-9,15,19H,3H2,1-2H3,(H2,17,18). The first-order chi connectivity index (χ1) is 9.13. The van der Waals surface area contributed by atoms with Gasteiger partial charge in [0.15, 0.2) is 0 Å². The Morgan fingerprint density at radius 3 is 2.79 bits per heavy atom. The molecule has 0 aliphatic carbocycles. The van der Waals surface area contributed by atoms with Crippen molar-refractivity contribution in [2.24, 2.45) is 0 Å². The largest absolute Gasteiger partial charge is 0.398 e. The van der Waals surface area contributed by atoms with Crippen LogP contribution in [0.5, 0.6) is 0 Å². The molecule has 1 aromatic carbocycles. The number of nitrogen functional groups attached to an aromatic ring is 1. The minimum absolute atomic E-state index is 0.236. The first-order valence-corrected chi connectivity index (χ1v) is 6.32. The zero-order valence-electron chi connectivity index (χ0n) is 11.2. The van der Waals surface area contributed by atoms with Gasteiger partial charge in [-0.1, -0.05) is 24.6 Å². The molecule has 3 nitrogen and oxygen atoms in total. The Balaban J connectivity index is 2.51. The van der Waals surface area contributed by atoms with Gasteiger partial charge in [-0.25, -0.2) is 4.39 Å². The number of nitrogens with two attached hydrogens (primary N) is 1. The molecule has 0 amide bonds. The lowest BCUT2D eigenvalue weighted by atomic mass is 9.97. The molecule has 0 saturated carbocycles. The maximum absolute atomic E-state index is 14.1. The van der Waals surface area contributed by atoms with Crippen LogP contribution in [0.4, 0.5) is 10.1 Å². The molecule has 3 N–H and O–H groups in total. The van der Waals surface area contributed by atoms with E-state index in [4.69, 9.17) is 5.73 Å². The van der Waals surface area contributed by atoms with Crippen LogP contribution in [0.1, 0.15) is 29.7 Å². The van der Waals surface area contributed by atoms with E-state index < -0.39 is 0 Å². The SMILES string of the molecule is CCNC(c1cnccc1N)c1cc(C)ccc1F. The molecule has 0 fully saturated rings. The summed E-state index contributed by atoms with van der Waals surface area (Å²) >= 11 is 0. The average molecular weight is 259 g/mol. The van der Waals surface area contributed by atoms with Gasteiger partial charge in [0.05, 0.1) is 6.04 Å². The van der Waals surface area contributed by atoms with Crippen molar-refractivity contribution >= 4 is 5.69 Å². The van der Waals surface area contributed by atoms with Crippen LogP contribution in [0.25, 0.3) is 0 Å². The number of nitrogens with one attached hydrogen (secondary N) is 1. The van der Waals surface area contributed by atoms with E-state index in [1.165, 1.54) is 6.07 Å². The second-order valence-electron chi connectivity index (χ2n) is 4.52. The molecule has 19 heavy (non-hydrogen) atoms. The Kier molecular flexibility index (Phi) is 4.12. The Morgan fingerprint density at radius 1 is 1.32 bits per heavy atom.